The second-order valence-corrected chi connectivity index (χ2v) is 38.4. The van der Waals surface area contributed by atoms with E-state index >= 15 is 0 Å². The highest BCUT2D eigenvalue weighted by atomic mass is 127. The molecule has 0 bridgehead atoms. The first-order valence-corrected chi connectivity index (χ1v) is 49.5. The Balaban J connectivity index is 0.000000159. The van der Waals surface area contributed by atoms with Gasteiger partial charge in [0.1, 0.15) is 103 Å². The van der Waals surface area contributed by atoms with Crippen molar-refractivity contribution in [1.82, 2.24) is 0 Å². The molecule has 0 radical (unpaired) electrons. The van der Waals surface area contributed by atoms with E-state index in [4.69, 9.17) is 53.8 Å². The zero-order chi connectivity index (χ0) is 102. The predicted molar refractivity (Wildman–Crippen MR) is 563 cm³/mol. The molecular weight excluding hydrogens is 2310 g/mol. The Hall–Kier alpha value is -14.0. The van der Waals surface area contributed by atoms with Gasteiger partial charge in [0.15, 0.2) is 23.1 Å². The first-order valence-electron chi connectivity index (χ1n) is 44.2. The molecule has 12 aromatic carbocycles. The minimum atomic E-state index is -0.524. The van der Waals surface area contributed by atoms with Gasteiger partial charge in [-0.15, -0.1) is 0 Å². The number of rotatable bonds is 34. The summed E-state index contributed by atoms with van der Waals surface area (Å²) in [6.07, 6.45) is 6.25. The number of amides is 2. The number of ketones is 6. The van der Waals surface area contributed by atoms with Gasteiger partial charge >= 0.3 is 23.9 Å². The first kappa shape index (κ1) is 105. The van der Waals surface area contributed by atoms with Crippen LogP contribution < -0.4 is 36.1 Å². The number of aryl methyl sites for hydroxylation is 5. The second-order valence-electron chi connectivity index (χ2n) is 32.6. The van der Waals surface area contributed by atoms with E-state index in [9.17, 15) is 78.0 Å². The van der Waals surface area contributed by atoms with E-state index in [1.54, 1.807) is 233 Å². The highest BCUT2D eigenvalue weighted by Gasteiger charge is 2.31. The molecule has 0 atom stereocenters. The Morgan fingerprint density at radius 2 is 0.556 bits per heavy atom. The number of carbonyl (C=O) groups is 12. The third-order valence-electron chi connectivity index (χ3n) is 22.2. The maximum atomic E-state index is 13.7. The minimum absolute atomic E-state index is 0.00192. The van der Waals surface area contributed by atoms with Crippen LogP contribution in [0, 0.1) is 14.1 Å². The summed E-state index contributed by atoms with van der Waals surface area (Å²) in [5, 5.41) is 42.4. The number of benzene rings is 12. The van der Waals surface area contributed by atoms with Gasteiger partial charge in [0, 0.05) is 119 Å². The number of furan rings is 4. The highest BCUT2D eigenvalue weighted by Crippen LogP contribution is 2.43. The number of primary amides is 2. The number of hydrogen-bond donors (Lipinski definition) is 7. The number of hydrogen-bond acceptors (Lipinski definition) is 25. The van der Waals surface area contributed by atoms with Crippen molar-refractivity contribution in [2.24, 2.45) is 11.5 Å². The highest BCUT2D eigenvalue weighted by molar-refractivity contribution is 14.1. The van der Waals surface area contributed by atoms with E-state index in [1.807, 2.05) is 57.3 Å². The summed E-state index contributed by atoms with van der Waals surface area (Å²) in [4.78, 5) is 149. The number of anilines is 1. The van der Waals surface area contributed by atoms with E-state index in [0.717, 1.165) is 0 Å². The zero-order valence-electron chi connectivity index (χ0n) is 75.9. The Morgan fingerprint density at radius 3 is 0.810 bits per heavy atom. The number of phenolic OH excluding ortho intramolecular Hbond substituents is 4. The number of fused-ring (bicyclic) bond motifs is 4. The lowest BCUT2D eigenvalue weighted by Crippen LogP contribution is -2.11. The lowest BCUT2D eigenvalue weighted by Gasteiger charge is -2.08. The van der Waals surface area contributed by atoms with Crippen molar-refractivity contribution in [1.29, 1.82) is 0 Å². The number of halogens is 6. The van der Waals surface area contributed by atoms with Crippen molar-refractivity contribution in [3.05, 3.63) is 363 Å². The topological polar surface area (TPSA) is 453 Å². The summed E-state index contributed by atoms with van der Waals surface area (Å²) in [6.45, 7) is 4.76. The van der Waals surface area contributed by atoms with Gasteiger partial charge in [0.2, 0.25) is 11.8 Å². The van der Waals surface area contributed by atoms with Crippen molar-refractivity contribution in [2.45, 2.75) is 111 Å². The van der Waals surface area contributed by atoms with Crippen LogP contribution in [0.15, 0.2) is 278 Å². The first-order chi connectivity index (χ1) is 68.0. The predicted octanol–water partition coefficient (Wildman–Crippen LogP) is 24.7. The lowest BCUT2D eigenvalue weighted by molar-refractivity contribution is -0.118. The van der Waals surface area contributed by atoms with Gasteiger partial charge in [-0.2, -0.15) is 0 Å². The average molecular weight is 2400 g/mol. The van der Waals surface area contributed by atoms with E-state index < -0.39 is 35.7 Å². The molecule has 4 aromatic heterocycles. The number of unbranched alkanes of at least 4 members (excludes halogenated alkanes) is 2. The second kappa shape index (κ2) is 48.5. The van der Waals surface area contributed by atoms with Crippen LogP contribution in [-0.4, -0.2) is 90.8 Å². The van der Waals surface area contributed by atoms with Gasteiger partial charge < -0.3 is 83.8 Å². The largest absolute Gasteiger partial charge is 0.506 e. The van der Waals surface area contributed by atoms with Crippen molar-refractivity contribution in [2.75, 3.05) is 5.73 Å². The van der Waals surface area contributed by atoms with Crippen LogP contribution in [0.25, 0.3) is 43.9 Å². The number of nitrogen functional groups attached to an aromatic ring is 1. The standard InChI is InChI=1S/C28H22Br2O6.C28H22I2O6.C27H24N2O6.C26H19Br2NO6/c2*1-16(31)7-5-6-10-23-25(26(32)18-13-21(29)27(33)22(30)14-18)20-12-11-19(15-24(20)36-23)35-28(34)17-8-3-2-4-9-17;1-15-12-17(13-20(28)25(15)31)26(32)24-19-11-10-18(34-27(33)16-6-3-2-4-7-16)14-22(19)35-21(24)8-5-9-23(29)30;27-18-11-15(12-19(28)25(18)32)24(31)23-17-10-9-16(34-26(33)14-5-2-1-3-6-14)13-21(17)35-20(23)7-4-8-22(29)30/h2*2-4,8-9,11-15,33H,5-7,10H2,1H3;2-4,6-7,10-14,31H,5,8-9,28H2,1H3,(H2,29,30);1-3,5-6,9-13,32H,4,7-8H2,(H2,29,30). The van der Waals surface area contributed by atoms with Crippen molar-refractivity contribution < 1.29 is 115 Å². The molecule has 0 aliphatic carbocycles. The number of nitrogens with two attached hydrogens (primary N) is 3. The van der Waals surface area contributed by atoms with Gasteiger partial charge in [-0.25, -0.2) is 19.2 Å². The fraction of sp³-hybridized carbons (Fsp3) is 0.156. The summed E-state index contributed by atoms with van der Waals surface area (Å²) in [7, 11) is 0. The number of carbonyl (C=O) groups excluding carboxylic acids is 12. The van der Waals surface area contributed by atoms with Crippen molar-refractivity contribution in [3.63, 3.8) is 0 Å². The monoisotopic (exact) mass is 2390 g/mol. The molecule has 0 unspecified atom stereocenters. The molecule has 0 spiro atoms. The van der Waals surface area contributed by atoms with E-state index in [2.05, 4.69) is 63.7 Å². The van der Waals surface area contributed by atoms with Crippen molar-refractivity contribution >= 4 is 229 Å². The zero-order valence-corrected chi connectivity index (χ0v) is 86.6. The number of Topliss-reactive ketones (excluding diaryl/α,β-unsaturated/α-hetero) is 2. The van der Waals surface area contributed by atoms with Crippen LogP contribution in [0.5, 0.6) is 46.0 Å². The van der Waals surface area contributed by atoms with Crippen LogP contribution in [0.1, 0.15) is 212 Å². The maximum absolute atomic E-state index is 13.7. The molecule has 16 aromatic rings. The van der Waals surface area contributed by atoms with Crippen LogP contribution in [0.2, 0.25) is 0 Å². The molecule has 27 nitrogen and oxygen atoms in total. The third kappa shape index (κ3) is 26.6. The summed E-state index contributed by atoms with van der Waals surface area (Å²) < 4.78 is 48.8. The molecule has 2 amide bonds. The van der Waals surface area contributed by atoms with Gasteiger partial charge in [-0.05, 0) is 319 Å². The number of phenols is 4. The minimum Gasteiger partial charge on any atom is -0.506 e. The molecule has 724 valence electrons. The van der Waals surface area contributed by atoms with Crippen LogP contribution in [0.3, 0.4) is 0 Å². The fourth-order valence-corrected chi connectivity index (χ4v) is 19.3. The average Bonchev–Trinajstić information content (AvgIpc) is 1.63. The Morgan fingerprint density at radius 1 is 0.303 bits per heavy atom. The normalized spacial score (nSPS) is 10.9. The summed E-state index contributed by atoms with van der Waals surface area (Å²) in [5.41, 5.74) is 23.0. The maximum Gasteiger partial charge on any atom is 0.343 e. The Labute approximate surface area is 872 Å². The molecule has 0 aliphatic heterocycles. The molecule has 16 rings (SSSR count). The van der Waals surface area contributed by atoms with Crippen LogP contribution in [-0.2, 0) is 44.9 Å². The fourth-order valence-electron chi connectivity index (χ4n) is 15.2. The molecule has 0 saturated heterocycles. The third-order valence-corrected chi connectivity index (χ3v) is 26.2. The van der Waals surface area contributed by atoms with E-state index in [0.29, 0.717) is 247 Å². The number of esters is 4. The molecule has 142 heavy (non-hydrogen) atoms. The molecule has 0 fully saturated rings. The Kier molecular flexibility index (Phi) is 36.0. The summed E-state index contributed by atoms with van der Waals surface area (Å²) >= 11 is 17.0. The van der Waals surface area contributed by atoms with Gasteiger partial charge in [0.25, 0.3) is 0 Å². The number of aromatic hydroxyl groups is 4. The lowest BCUT2D eigenvalue weighted by atomic mass is 9.96. The molecule has 10 N–H and O–H groups in total. The molecule has 0 saturated carbocycles. The van der Waals surface area contributed by atoms with E-state index in [1.165, 1.54) is 18.2 Å². The molecule has 33 heteroatoms. The quantitative estimate of drug-likeness (QED) is 0.00374. The molecule has 4 heterocycles. The van der Waals surface area contributed by atoms with Crippen LogP contribution in [0.4, 0.5) is 5.69 Å². The van der Waals surface area contributed by atoms with E-state index in [-0.39, 0.29) is 93.3 Å². The smallest absolute Gasteiger partial charge is 0.343 e. The van der Waals surface area contributed by atoms with Crippen molar-refractivity contribution in [3.8, 4) is 46.0 Å². The Bertz CT molecular complexity index is 7050. The molecular formula is C109H87Br4I2N3O24. The summed E-state index contributed by atoms with van der Waals surface area (Å²) in [5.74, 6) is -0.944. The van der Waals surface area contributed by atoms with Gasteiger partial charge in [-0.3, -0.25) is 28.8 Å². The molecule has 0 aliphatic rings. The SMILES string of the molecule is CC(=O)CCCCc1oc2cc(OC(=O)c3ccccc3)ccc2c1C(=O)c1cc(Br)c(O)c(Br)c1.CC(=O)CCCCc1oc2cc(OC(=O)c3ccccc3)ccc2c1C(=O)c1cc(I)c(O)c(I)c1.Cc1cc(C(=O)c2c(CCCC(N)=O)oc3cc(OC(=O)c4ccccc4)ccc23)cc(N)c1O.NC(=O)CCCc1oc2cc(OC(=O)c3ccccc3)ccc2c1C(=O)c1cc(Br)c(O)c(Br)c1. The number of ether oxygens (including phenoxy) is 4. The van der Waals surface area contributed by atoms with Gasteiger partial charge in [-0.1, -0.05) is 72.8 Å². The summed E-state index contributed by atoms with van der Waals surface area (Å²) in [6, 6.07) is 66.3. The van der Waals surface area contributed by atoms with Gasteiger partial charge in [0.05, 0.1) is 75.2 Å². The van der Waals surface area contributed by atoms with Crippen LogP contribution >= 0.6 is 109 Å².